The predicted octanol–water partition coefficient (Wildman–Crippen LogP) is 2.83. The number of aryl methyl sites for hydroxylation is 1. The summed E-state index contributed by atoms with van der Waals surface area (Å²) in [6.45, 7) is 1.80. The van der Waals surface area contributed by atoms with E-state index in [0.29, 0.717) is 17.1 Å². The first-order valence-electron chi connectivity index (χ1n) is 6.75. The van der Waals surface area contributed by atoms with E-state index in [0.717, 1.165) is 17.5 Å². The van der Waals surface area contributed by atoms with Gasteiger partial charge in [0.25, 0.3) is 5.91 Å². The second-order valence-electron chi connectivity index (χ2n) is 4.73. The minimum absolute atomic E-state index is 0.148. The number of nitrogens with one attached hydrogen (secondary N) is 1. The molecule has 0 saturated carbocycles. The van der Waals surface area contributed by atoms with Crippen LogP contribution in [0.1, 0.15) is 15.9 Å². The first-order chi connectivity index (χ1) is 10.6. The van der Waals surface area contributed by atoms with Crippen molar-refractivity contribution in [3.63, 3.8) is 0 Å². The Labute approximate surface area is 128 Å². The topological polar surface area (TPSA) is 64.6 Å². The standard InChI is InChI=1S/C17H17NO4/c1-12-4-3-5-14(8-12)18-17(20)11-22-15-7-6-13(10-19)9-16(15)21-2/h3-10H,11H2,1-2H3,(H,18,20). The summed E-state index contributed by atoms with van der Waals surface area (Å²) in [5.74, 6) is 0.549. The van der Waals surface area contributed by atoms with E-state index in [2.05, 4.69) is 5.32 Å². The molecule has 114 valence electrons. The molecule has 0 aromatic heterocycles. The number of hydrogen-bond acceptors (Lipinski definition) is 4. The Balaban J connectivity index is 1.97. The number of hydrogen-bond donors (Lipinski definition) is 1. The van der Waals surface area contributed by atoms with Gasteiger partial charge in [-0.2, -0.15) is 0 Å². The van der Waals surface area contributed by atoms with Crippen LogP contribution in [-0.2, 0) is 4.79 Å². The fourth-order valence-electron chi connectivity index (χ4n) is 1.94. The van der Waals surface area contributed by atoms with E-state index in [1.165, 1.54) is 7.11 Å². The van der Waals surface area contributed by atoms with E-state index >= 15 is 0 Å². The molecular weight excluding hydrogens is 282 g/mol. The molecule has 0 radical (unpaired) electrons. The van der Waals surface area contributed by atoms with Crippen LogP contribution >= 0.6 is 0 Å². The summed E-state index contributed by atoms with van der Waals surface area (Å²) >= 11 is 0. The third kappa shape index (κ3) is 4.09. The molecule has 0 fully saturated rings. The maximum Gasteiger partial charge on any atom is 0.262 e. The van der Waals surface area contributed by atoms with Crippen LogP contribution in [0.5, 0.6) is 11.5 Å². The zero-order valence-electron chi connectivity index (χ0n) is 12.5. The van der Waals surface area contributed by atoms with Gasteiger partial charge in [0.1, 0.15) is 6.29 Å². The molecule has 22 heavy (non-hydrogen) atoms. The van der Waals surface area contributed by atoms with Crippen molar-refractivity contribution in [3.05, 3.63) is 53.6 Å². The highest BCUT2D eigenvalue weighted by Crippen LogP contribution is 2.27. The Morgan fingerprint density at radius 1 is 1.18 bits per heavy atom. The minimum atomic E-state index is -0.271. The van der Waals surface area contributed by atoms with Crippen molar-refractivity contribution < 1.29 is 19.1 Å². The summed E-state index contributed by atoms with van der Waals surface area (Å²) in [5, 5.41) is 2.75. The first-order valence-corrected chi connectivity index (χ1v) is 6.75. The molecule has 0 aliphatic heterocycles. The quantitative estimate of drug-likeness (QED) is 0.833. The SMILES string of the molecule is COc1cc(C=O)ccc1OCC(=O)Nc1cccc(C)c1. The van der Waals surface area contributed by atoms with Crippen LogP contribution in [0.3, 0.4) is 0 Å². The second-order valence-corrected chi connectivity index (χ2v) is 4.73. The summed E-state index contributed by atoms with van der Waals surface area (Å²) in [4.78, 5) is 22.6. The molecule has 0 unspecified atom stereocenters. The molecular formula is C17H17NO4. The summed E-state index contributed by atoms with van der Waals surface area (Å²) in [7, 11) is 1.48. The Hall–Kier alpha value is -2.82. The van der Waals surface area contributed by atoms with Crippen LogP contribution in [0.25, 0.3) is 0 Å². The zero-order chi connectivity index (χ0) is 15.9. The molecule has 0 spiro atoms. The average molecular weight is 299 g/mol. The highest BCUT2D eigenvalue weighted by atomic mass is 16.5. The summed E-state index contributed by atoms with van der Waals surface area (Å²) in [6, 6.07) is 12.3. The number of amides is 1. The number of rotatable bonds is 6. The number of aldehydes is 1. The van der Waals surface area contributed by atoms with Gasteiger partial charge in [0, 0.05) is 11.3 Å². The van der Waals surface area contributed by atoms with Crippen LogP contribution in [0.4, 0.5) is 5.69 Å². The van der Waals surface area contributed by atoms with E-state index in [1.54, 1.807) is 18.2 Å². The molecule has 1 amide bonds. The Morgan fingerprint density at radius 2 is 2.00 bits per heavy atom. The fraction of sp³-hybridized carbons (Fsp3) is 0.176. The van der Waals surface area contributed by atoms with Crippen LogP contribution < -0.4 is 14.8 Å². The van der Waals surface area contributed by atoms with E-state index in [4.69, 9.17) is 9.47 Å². The van der Waals surface area contributed by atoms with Gasteiger partial charge in [-0.1, -0.05) is 12.1 Å². The molecule has 1 N–H and O–H groups in total. The maximum atomic E-state index is 11.9. The number of ether oxygens (including phenoxy) is 2. The molecule has 2 rings (SSSR count). The summed E-state index contributed by atoms with van der Waals surface area (Å²) < 4.78 is 10.6. The van der Waals surface area contributed by atoms with Crippen molar-refractivity contribution in [1.29, 1.82) is 0 Å². The normalized spacial score (nSPS) is 9.91. The fourth-order valence-corrected chi connectivity index (χ4v) is 1.94. The van der Waals surface area contributed by atoms with Gasteiger partial charge in [-0.05, 0) is 42.8 Å². The molecule has 5 nitrogen and oxygen atoms in total. The van der Waals surface area contributed by atoms with Gasteiger partial charge in [-0.15, -0.1) is 0 Å². The van der Waals surface area contributed by atoms with Gasteiger partial charge in [0.2, 0.25) is 0 Å². The number of carbonyl (C=O) groups excluding carboxylic acids is 2. The van der Waals surface area contributed by atoms with Crippen molar-refractivity contribution in [1.82, 2.24) is 0 Å². The third-order valence-electron chi connectivity index (χ3n) is 2.98. The third-order valence-corrected chi connectivity index (χ3v) is 2.98. The molecule has 2 aromatic carbocycles. The van der Waals surface area contributed by atoms with Gasteiger partial charge >= 0.3 is 0 Å². The lowest BCUT2D eigenvalue weighted by atomic mass is 10.2. The van der Waals surface area contributed by atoms with Crippen LogP contribution in [0.2, 0.25) is 0 Å². The molecule has 0 aliphatic carbocycles. The van der Waals surface area contributed by atoms with Crippen molar-refractivity contribution in [3.8, 4) is 11.5 Å². The van der Waals surface area contributed by atoms with Crippen molar-refractivity contribution in [2.45, 2.75) is 6.92 Å². The largest absolute Gasteiger partial charge is 0.493 e. The Morgan fingerprint density at radius 3 is 2.68 bits per heavy atom. The van der Waals surface area contributed by atoms with Crippen molar-refractivity contribution in [2.24, 2.45) is 0 Å². The Bertz CT molecular complexity index is 682. The second kappa shape index (κ2) is 7.26. The smallest absolute Gasteiger partial charge is 0.262 e. The maximum absolute atomic E-state index is 11.9. The summed E-state index contributed by atoms with van der Waals surface area (Å²) in [6.07, 6.45) is 0.719. The van der Waals surface area contributed by atoms with E-state index < -0.39 is 0 Å². The van der Waals surface area contributed by atoms with Gasteiger partial charge in [-0.3, -0.25) is 9.59 Å². The molecule has 0 bridgehead atoms. The monoisotopic (exact) mass is 299 g/mol. The van der Waals surface area contributed by atoms with Gasteiger partial charge in [0.15, 0.2) is 18.1 Å². The van der Waals surface area contributed by atoms with Gasteiger partial charge in [-0.25, -0.2) is 0 Å². The molecule has 2 aromatic rings. The molecule has 0 atom stereocenters. The first kappa shape index (κ1) is 15.6. The van der Waals surface area contributed by atoms with Gasteiger partial charge in [0.05, 0.1) is 7.11 Å². The number of methoxy groups -OCH3 is 1. The lowest BCUT2D eigenvalue weighted by molar-refractivity contribution is -0.118. The molecule has 0 aliphatic rings. The molecule has 0 saturated heterocycles. The lowest BCUT2D eigenvalue weighted by Crippen LogP contribution is -2.20. The van der Waals surface area contributed by atoms with E-state index in [1.807, 2.05) is 31.2 Å². The lowest BCUT2D eigenvalue weighted by Gasteiger charge is -2.11. The predicted molar refractivity (Wildman–Crippen MR) is 83.7 cm³/mol. The highest BCUT2D eigenvalue weighted by molar-refractivity contribution is 5.92. The number of anilines is 1. The summed E-state index contributed by atoms with van der Waals surface area (Å²) in [5.41, 5.74) is 2.26. The van der Waals surface area contributed by atoms with Crippen molar-refractivity contribution in [2.75, 3.05) is 19.0 Å². The van der Waals surface area contributed by atoms with Crippen molar-refractivity contribution >= 4 is 17.9 Å². The number of carbonyl (C=O) groups is 2. The van der Waals surface area contributed by atoms with Crippen LogP contribution in [-0.4, -0.2) is 25.9 Å². The van der Waals surface area contributed by atoms with Gasteiger partial charge < -0.3 is 14.8 Å². The molecule has 5 heteroatoms. The average Bonchev–Trinajstić information content (AvgIpc) is 2.52. The van der Waals surface area contributed by atoms with E-state index in [-0.39, 0.29) is 12.5 Å². The minimum Gasteiger partial charge on any atom is -0.493 e. The zero-order valence-corrected chi connectivity index (χ0v) is 12.5. The highest BCUT2D eigenvalue weighted by Gasteiger charge is 2.09. The van der Waals surface area contributed by atoms with E-state index in [9.17, 15) is 9.59 Å². The number of benzene rings is 2. The van der Waals surface area contributed by atoms with Crippen LogP contribution in [0, 0.1) is 6.92 Å². The Kier molecular flexibility index (Phi) is 5.14. The molecule has 0 heterocycles. The van der Waals surface area contributed by atoms with Crippen LogP contribution in [0.15, 0.2) is 42.5 Å².